The molecular weight excluding hydrogens is 225 g/mol. The van der Waals surface area contributed by atoms with Crippen LogP contribution in [-0.2, 0) is 4.79 Å². The van der Waals surface area contributed by atoms with Gasteiger partial charge >= 0.3 is 6.03 Å². The second kappa shape index (κ2) is 7.21. The van der Waals surface area contributed by atoms with Crippen LogP contribution in [0.1, 0.15) is 6.42 Å². The molecule has 0 saturated heterocycles. The van der Waals surface area contributed by atoms with Gasteiger partial charge in [-0.3, -0.25) is 4.79 Å². The summed E-state index contributed by atoms with van der Waals surface area (Å²) in [5.41, 5.74) is 0.523. The normalized spacial score (nSPS) is 9.47. The van der Waals surface area contributed by atoms with E-state index >= 15 is 0 Å². The lowest BCUT2D eigenvalue weighted by molar-refractivity contribution is -0.109. The summed E-state index contributed by atoms with van der Waals surface area (Å²) in [6, 6.07) is 5.13. The van der Waals surface area contributed by atoms with Gasteiger partial charge in [-0.2, -0.15) is 0 Å². The summed E-state index contributed by atoms with van der Waals surface area (Å²) < 4.78 is 12.6. The molecule has 17 heavy (non-hydrogen) atoms. The van der Waals surface area contributed by atoms with Gasteiger partial charge in [0.25, 0.3) is 0 Å². The molecule has 92 valence electrons. The first kappa shape index (κ1) is 13.0. The Morgan fingerprint density at radius 1 is 1.24 bits per heavy atom. The van der Waals surface area contributed by atoms with E-state index in [1.54, 1.807) is 0 Å². The molecule has 6 heteroatoms. The predicted molar refractivity (Wildman–Crippen MR) is 62.1 cm³/mol. The minimum Gasteiger partial charge on any atom is -0.359 e. The second-order valence-electron chi connectivity index (χ2n) is 3.31. The Kier molecular flexibility index (Phi) is 5.50. The summed E-state index contributed by atoms with van der Waals surface area (Å²) in [7, 11) is 0. The lowest BCUT2D eigenvalue weighted by atomic mass is 10.3. The first-order valence-corrected chi connectivity index (χ1v) is 5.20. The minimum atomic E-state index is -0.359. The van der Waals surface area contributed by atoms with Gasteiger partial charge in [-0.05, 0) is 30.7 Å². The molecule has 0 heterocycles. The maximum absolute atomic E-state index is 12.6. The van der Waals surface area contributed by atoms with E-state index < -0.39 is 0 Å². The fourth-order valence-corrected chi connectivity index (χ4v) is 1.16. The van der Waals surface area contributed by atoms with Crippen molar-refractivity contribution in [3.8, 4) is 0 Å². The Morgan fingerprint density at radius 3 is 2.59 bits per heavy atom. The number of carbonyl (C=O) groups excluding carboxylic acids is 2. The minimum absolute atomic E-state index is 0.351. The van der Waals surface area contributed by atoms with Gasteiger partial charge in [0.2, 0.25) is 6.41 Å². The molecule has 0 aliphatic heterocycles. The molecule has 1 aromatic carbocycles. The van der Waals surface area contributed by atoms with E-state index in [9.17, 15) is 14.0 Å². The number of nitrogens with one attached hydrogen (secondary N) is 3. The average Bonchev–Trinajstić information content (AvgIpc) is 2.32. The highest BCUT2D eigenvalue weighted by Crippen LogP contribution is 2.07. The molecule has 0 aliphatic carbocycles. The topological polar surface area (TPSA) is 70.2 Å². The van der Waals surface area contributed by atoms with Crippen LogP contribution in [0.4, 0.5) is 14.9 Å². The molecule has 0 unspecified atom stereocenters. The number of hydrogen-bond donors (Lipinski definition) is 3. The van der Waals surface area contributed by atoms with Crippen LogP contribution in [-0.4, -0.2) is 25.5 Å². The summed E-state index contributed by atoms with van der Waals surface area (Å²) in [5.74, 6) is -0.351. The lowest BCUT2D eigenvalue weighted by Gasteiger charge is -2.07. The molecule has 0 radical (unpaired) electrons. The SMILES string of the molecule is O=CNCCCNC(=O)Nc1ccc(F)cc1. The quantitative estimate of drug-likeness (QED) is 0.513. The van der Waals surface area contributed by atoms with Crippen LogP contribution in [0, 0.1) is 5.82 Å². The predicted octanol–water partition coefficient (Wildman–Crippen LogP) is 1.08. The first-order chi connectivity index (χ1) is 8.22. The fourth-order valence-electron chi connectivity index (χ4n) is 1.16. The number of benzene rings is 1. The molecule has 0 saturated carbocycles. The van der Waals surface area contributed by atoms with Crippen LogP contribution >= 0.6 is 0 Å². The van der Waals surface area contributed by atoms with Crippen LogP contribution < -0.4 is 16.0 Å². The van der Waals surface area contributed by atoms with E-state index in [2.05, 4.69) is 16.0 Å². The Hall–Kier alpha value is -2.11. The Labute approximate surface area is 98.4 Å². The monoisotopic (exact) mass is 239 g/mol. The van der Waals surface area contributed by atoms with Gasteiger partial charge in [-0.1, -0.05) is 0 Å². The van der Waals surface area contributed by atoms with E-state index in [0.29, 0.717) is 31.6 Å². The summed E-state index contributed by atoms with van der Waals surface area (Å²) >= 11 is 0. The number of amides is 3. The molecule has 3 N–H and O–H groups in total. The van der Waals surface area contributed by atoms with E-state index in [1.165, 1.54) is 24.3 Å². The zero-order valence-corrected chi connectivity index (χ0v) is 9.20. The highest BCUT2D eigenvalue weighted by Gasteiger charge is 2.00. The smallest absolute Gasteiger partial charge is 0.319 e. The highest BCUT2D eigenvalue weighted by atomic mass is 19.1. The summed E-state index contributed by atoms with van der Waals surface area (Å²) in [5, 5.41) is 7.64. The van der Waals surface area contributed by atoms with Crippen LogP contribution in [0.15, 0.2) is 24.3 Å². The third kappa shape index (κ3) is 5.50. The van der Waals surface area contributed by atoms with Crippen molar-refractivity contribution >= 4 is 18.1 Å². The van der Waals surface area contributed by atoms with E-state index in [4.69, 9.17) is 0 Å². The number of carbonyl (C=O) groups is 2. The third-order valence-electron chi connectivity index (χ3n) is 1.97. The van der Waals surface area contributed by atoms with Gasteiger partial charge < -0.3 is 16.0 Å². The second-order valence-corrected chi connectivity index (χ2v) is 3.31. The first-order valence-electron chi connectivity index (χ1n) is 5.20. The molecule has 0 aliphatic rings. The van der Waals surface area contributed by atoms with Gasteiger partial charge in [0.05, 0.1) is 0 Å². The van der Waals surface area contributed by atoms with Crippen LogP contribution in [0.25, 0.3) is 0 Å². The summed E-state index contributed by atoms with van der Waals surface area (Å²) in [4.78, 5) is 21.3. The van der Waals surface area contributed by atoms with Crippen molar-refractivity contribution in [3.05, 3.63) is 30.1 Å². The zero-order valence-electron chi connectivity index (χ0n) is 9.20. The van der Waals surface area contributed by atoms with Crippen molar-refractivity contribution in [1.29, 1.82) is 0 Å². The maximum atomic E-state index is 12.6. The van der Waals surface area contributed by atoms with E-state index in [1.807, 2.05) is 0 Å². The molecule has 0 spiro atoms. The van der Waals surface area contributed by atoms with Crippen LogP contribution in [0.2, 0.25) is 0 Å². The summed E-state index contributed by atoms with van der Waals surface area (Å²) in [6.45, 7) is 0.966. The van der Waals surface area contributed by atoms with Gasteiger partial charge in [0.1, 0.15) is 5.82 Å². The number of urea groups is 1. The van der Waals surface area contributed by atoms with Crippen molar-refractivity contribution in [3.63, 3.8) is 0 Å². The number of halogens is 1. The standard InChI is InChI=1S/C11H14FN3O2/c12-9-2-4-10(5-3-9)15-11(17)14-7-1-6-13-8-16/h2-5,8H,1,6-7H2,(H,13,16)(H2,14,15,17). The van der Waals surface area contributed by atoms with E-state index in [0.717, 1.165) is 0 Å². The molecule has 5 nitrogen and oxygen atoms in total. The fraction of sp³-hybridized carbons (Fsp3) is 0.273. The zero-order chi connectivity index (χ0) is 12.5. The molecular formula is C11H14FN3O2. The molecule has 0 bridgehead atoms. The molecule has 0 atom stereocenters. The Balaban J connectivity index is 2.20. The Bertz CT molecular complexity index is 367. The largest absolute Gasteiger partial charge is 0.359 e. The third-order valence-corrected chi connectivity index (χ3v) is 1.97. The van der Waals surface area contributed by atoms with Gasteiger partial charge in [0.15, 0.2) is 0 Å². The molecule has 1 rings (SSSR count). The number of rotatable bonds is 6. The lowest BCUT2D eigenvalue weighted by Crippen LogP contribution is -2.31. The molecule has 0 fully saturated rings. The van der Waals surface area contributed by atoms with Gasteiger partial charge in [-0.15, -0.1) is 0 Å². The van der Waals surface area contributed by atoms with Crippen molar-refractivity contribution < 1.29 is 14.0 Å². The van der Waals surface area contributed by atoms with Crippen molar-refractivity contribution in [2.75, 3.05) is 18.4 Å². The average molecular weight is 239 g/mol. The van der Waals surface area contributed by atoms with Crippen molar-refractivity contribution in [2.45, 2.75) is 6.42 Å². The maximum Gasteiger partial charge on any atom is 0.319 e. The van der Waals surface area contributed by atoms with E-state index in [-0.39, 0.29) is 11.8 Å². The molecule has 3 amide bonds. The Morgan fingerprint density at radius 2 is 1.94 bits per heavy atom. The number of hydrogen-bond acceptors (Lipinski definition) is 2. The van der Waals surface area contributed by atoms with Gasteiger partial charge in [-0.25, -0.2) is 9.18 Å². The summed E-state index contributed by atoms with van der Waals surface area (Å²) in [6.07, 6.45) is 1.26. The highest BCUT2D eigenvalue weighted by molar-refractivity contribution is 5.89. The van der Waals surface area contributed by atoms with Gasteiger partial charge in [0, 0.05) is 18.8 Å². The van der Waals surface area contributed by atoms with Crippen molar-refractivity contribution in [1.82, 2.24) is 10.6 Å². The van der Waals surface area contributed by atoms with Crippen molar-refractivity contribution in [2.24, 2.45) is 0 Å². The number of anilines is 1. The van der Waals surface area contributed by atoms with Crippen LogP contribution in [0.3, 0.4) is 0 Å². The van der Waals surface area contributed by atoms with Crippen LogP contribution in [0.5, 0.6) is 0 Å². The molecule has 1 aromatic rings. The molecule has 0 aromatic heterocycles.